The number of anilines is 1. The first kappa shape index (κ1) is 22.2. The number of rotatable bonds is 8. The Morgan fingerprint density at radius 1 is 0.939 bits per heavy atom. The van der Waals surface area contributed by atoms with Gasteiger partial charge in [0.05, 0.1) is 23.4 Å². The van der Waals surface area contributed by atoms with Crippen molar-refractivity contribution >= 4 is 28.3 Å². The van der Waals surface area contributed by atoms with E-state index >= 15 is 0 Å². The molecule has 5 heteroatoms. The molecule has 33 heavy (non-hydrogen) atoms. The fourth-order valence-electron chi connectivity index (χ4n) is 3.58. The van der Waals surface area contributed by atoms with Crippen molar-refractivity contribution in [1.82, 2.24) is 4.98 Å². The minimum absolute atomic E-state index is 0.0152. The summed E-state index contributed by atoms with van der Waals surface area (Å²) in [6, 6.07) is 24.1. The van der Waals surface area contributed by atoms with Crippen LogP contribution < -0.4 is 10.1 Å². The Morgan fingerprint density at radius 3 is 2.48 bits per heavy atom. The quantitative estimate of drug-likeness (QED) is 0.251. The summed E-state index contributed by atoms with van der Waals surface area (Å²) in [6.45, 7) is 4.31. The van der Waals surface area contributed by atoms with Crippen LogP contribution in [0.25, 0.3) is 22.2 Å². The second kappa shape index (κ2) is 10.1. The Bertz CT molecular complexity index is 1300. The molecule has 3 aromatic carbocycles. The molecular formula is C28H26N2O3. The zero-order valence-electron chi connectivity index (χ0n) is 18.8. The molecule has 0 radical (unpaired) electrons. The fourth-order valence-corrected chi connectivity index (χ4v) is 3.58. The molecule has 0 unspecified atom stereocenters. The van der Waals surface area contributed by atoms with Crippen molar-refractivity contribution in [2.75, 3.05) is 11.9 Å². The molecule has 0 saturated heterocycles. The van der Waals surface area contributed by atoms with E-state index in [-0.39, 0.29) is 11.7 Å². The molecule has 1 heterocycles. The molecule has 4 aromatic rings. The van der Waals surface area contributed by atoms with Gasteiger partial charge in [0, 0.05) is 22.2 Å². The average molecular weight is 439 g/mol. The van der Waals surface area contributed by atoms with Gasteiger partial charge in [0.2, 0.25) is 0 Å². The predicted molar refractivity (Wildman–Crippen MR) is 132 cm³/mol. The van der Waals surface area contributed by atoms with Crippen LogP contribution in [-0.2, 0) is 0 Å². The van der Waals surface area contributed by atoms with Gasteiger partial charge in [0.15, 0.2) is 5.78 Å². The topological polar surface area (TPSA) is 68.3 Å². The third-order valence-corrected chi connectivity index (χ3v) is 5.41. The largest absolute Gasteiger partial charge is 0.494 e. The van der Waals surface area contributed by atoms with Gasteiger partial charge in [-0.25, -0.2) is 4.98 Å². The lowest BCUT2D eigenvalue weighted by Gasteiger charge is -2.12. The normalized spacial score (nSPS) is 10.7. The van der Waals surface area contributed by atoms with E-state index in [1.807, 2.05) is 54.6 Å². The van der Waals surface area contributed by atoms with E-state index in [4.69, 9.17) is 9.72 Å². The van der Waals surface area contributed by atoms with E-state index in [1.165, 1.54) is 6.92 Å². The molecule has 0 fully saturated rings. The highest BCUT2D eigenvalue weighted by Crippen LogP contribution is 2.28. The van der Waals surface area contributed by atoms with E-state index in [9.17, 15) is 9.59 Å². The number of hydrogen-bond acceptors (Lipinski definition) is 4. The van der Waals surface area contributed by atoms with Gasteiger partial charge in [-0.3, -0.25) is 9.59 Å². The summed E-state index contributed by atoms with van der Waals surface area (Å²) in [4.78, 5) is 29.5. The van der Waals surface area contributed by atoms with Crippen LogP contribution in [-0.4, -0.2) is 23.3 Å². The van der Waals surface area contributed by atoms with Crippen LogP contribution in [0.1, 0.15) is 47.4 Å². The lowest BCUT2D eigenvalue weighted by Crippen LogP contribution is -2.13. The van der Waals surface area contributed by atoms with Crippen molar-refractivity contribution in [3.8, 4) is 17.0 Å². The molecule has 0 spiro atoms. The molecule has 166 valence electrons. The Kier molecular flexibility index (Phi) is 6.79. The molecule has 0 aliphatic heterocycles. The van der Waals surface area contributed by atoms with Crippen molar-refractivity contribution < 1.29 is 14.3 Å². The molecule has 0 atom stereocenters. The number of benzene rings is 3. The van der Waals surface area contributed by atoms with Crippen LogP contribution in [0.4, 0.5) is 5.69 Å². The third kappa shape index (κ3) is 5.26. The summed E-state index contributed by atoms with van der Waals surface area (Å²) in [7, 11) is 0. The monoisotopic (exact) mass is 438 g/mol. The maximum absolute atomic E-state index is 13.2. The molecule has 4 rings (SSSR count). The van der Waals surface area contributed by atoms with E-state index in [2.05, 4.69) is 12.2 Å². The summed E-state index contributed by atoms with van der Waals surface area (Å²) in [5, 5.41) is 3.71. The minimum atomic E-state index is -0.235. The highest BCUT2D eigenvalue weighted by atomic mass is 16.5. The molecule has 1 amide bonds. The summed E-state index contributed by atoms with van der Waals surface area (Å²) < 4.78 is 5.85. The number of Topliss-reactive ketones (excluding diaryl/α,β-unsaturated/α-hetero) is 1. The van der Waals surface area contributed by atoms with Crippen LogP contribution in [0.5, 0.6) is 5.75 Å². The zero-order chi connectivity index (χ0) is 23.2. The van der Waals surface area contributed by atoms with E-state index in [0.29, 0.717) is 29.1 Å². The Morgan fingerprint density at radius 2 is 1.73 bits per heavy atom. The number of amides is 1. The third-order valence-electron chi connectivity index (χ3n) is 5.41. The molecule has 0 aliphatic rings. The average Bonchev–Trinajstić information content (AvgIpc) is 2.84. The van der Waals surface area contributed by atoms with Gasteiger partial charge in [-0.1, -0.05) is 43.7 Å². The molecular weight excluding hydrogens is 412 g/mol. The standard InChI is InChI=1S/C28H26N2O3/c1-3-4-16-33-23-9-7-8-21(17-23)27-18-25(24-10-5-6-11-26(24)30-27)28(32)29-22-14-12-20(13-15-22)19(2)31/h5-15,17-18H,3-4,16H2,1-2H3,(H,29,32). The van der Waals surface area contributed by atoms with Crippen LogP contribution >= 0.6 is 0 Å². The van der Waals surface area contributed by atoms with Crippen molar-refractivity contribution in [2.24, 2.45) is 0 Å². The first-order chi connectivity index (χ1) is 16.0. The number of nitrogens with zero attached hydrogens (tertiary/aromatic N) is 1. The number of fused-ring (bicyclic) bond motifs is 1. The summed E-state index contributed by atoms with van der Waals surface area (Å²) in [6.07, 6.45) is 2.07. The SMILES string of the molecule is CCCCOc1cccc(-c2cc(C(=O)Nc3ccc(C(C)=O)cc3)c3ccccc3n2)c1. The summed E-state index contributed by atoms with van der Waals surface area (Å²) >= 11 is 0. The van der Waals surface area contributed by atoms with Gasteiger partial charge < -0.3 is 10.1 Å². The molecule has 0 aliphatic carbocycles. The van der Waals surface area contributed by atoms with Gasteiger partial charge in [-0.15, -0.1) is 0 Å². The Hall–Kier alpha value is -3.99. The minimum Gasteiger partial charge on any atom is -0.494 e. The number of ether oxygens (including phenoxy) is 1. The van der Waals surface area contributed by atoms with Crippen molar-refractivity contribution in [2.45, 2.75) is 26.7 Å². The number of unbranched alkanes of at least 4 members (excludes halogenated alkanes) is 1. The molecule has 1 N–H and O–H groups in total. The second-order valence-electron chi connectivity index (χ2n) is 7.89. The number of carbonyl (C=O) groups excluding carboxylic acids is 2. The van der Waals surface area contributed by atoms with Gasteiger partial charge in [0.25, 0.3) is 5.91 Å². The lowest BCUT2D eigenvalue weighted by molar-refractivity contribution is 0.101. The van der Waals surface area contributed by atoms with Crippen LogP contribution in [0, 0.1) is 0 Å². The van der Waals surface area contributed by atoms with Gasteiger partial charge >= 0.3 is 0 Å². The zero-order valence-corrected chi connectivity index (χ0v) is 18.8. The maximum atomic E-state index is 13.2. The number of ketones is 1. The maximum Gasteiger partial charge on any atom is 0.256 e. The first-order valence-corrected chi connectivity index (χ1v) is 11.1. The van der Waals surface area contributed by atoms with E-state index in [1.54, 1.807) is 24.3 Å². The van der Waals surface area contributed by atoms with Gasteiger partial charge in [0.1, 0.15) is 5.75 Å². The highest BCUT2D eigenvalue weighted by molar-refractivity contribution is 6.13. The number of para-hydroxylation sites is 1. The Labute approximate surface area is 193 Å². The number of aromatic nitrogens is 1. The highest BCUT2D eigenvalue weighted by Gasteiger charge is 2.15. The van der Waals surface area contributed by atoms with Crippen molar-refractivity contribution in [1.29, 1.82) is 0 Å². The van der Waals surface area contributed by atoms with E-state index in [0.717, 1.165) is 35.1 Å². The lowest BCUT2D eigenvalue weighted by atomic mass is 10.0. The van der Waals surface area contributed by atoms with Crippen molar-refractivity contribution in [3.63, 3.8) is 0 Å². The van der Waals surface area contributed by atoms with Crippen LogP contribution in [0.2, 0.25) is 0 Å². The number of carbonyl (C=O) groups is 2. The van der Waals surface area contributed by atoms with Crippen LogP contribution in [0.3, 0.4) is 0 Å². The molecule has 0 bridgehead atoms. The fraction of sp³-hybridized carbons (Fsp3) is 0.179. The summed E-state index contributed by atoms with van der Waals surface area (Å²) in [5.41, 5.74) is 4.08. The Balaban J connectivity index is 1.68. The first-order valence-electron chi connectivity index (χ1n) is 11.1. The molecule has 1 aromatic heterocycles. The number of pyridine rings is 1. The predicted octanol–water partition coefficient (Wildman–Crippen LogP) is 6.54. The van der Waals surface area contributed by atoms with Gasteiger partial charge in [-0.05, 0) is 61.9 Å². The van der Waals surface area contributed by atoms with Crippen LogP contribution in [0.15, 0.2) is 78.9 Å². The molecule has 0 saturated carbocycles. The van der Waals surface area contributed by atoms with Crippen molar-refractivity contribution in [3.05, 3.63) is 90.0 Å². The second-order valence-corrected chi connectivity index (χ2v) is 7.89. The number of hydrogen-bond donors (Lipinski definition) is 1. The van der Waals surface area contributed by atoms with E-state index < -0.39 is 0 Å². The molecule has 5 nitrogen and oxygen atoms in total. The number of nitrogens with one attached hydrogen (secondary N) is 1. The van der Waals surface area contributed by atoms with Gasteiger partial charge in [-0.2, -0.15) is 0 Å². The summed E-state index contributed by atoms with van der Waals surface area (Å²) in [5.74, 6) is 0.534. The smallest absolute Gasteiger partial charge is 0.256 e.